The Hall–Kier alpha value is -3.06. The number of hydrogen-bond acceptors (Lipinski definition) is 5. The number of esters is 1. The molecule has 1 aromatic carbocycles. The third-order valence-electron chi connectivity index (χ3n) is 5.28. The van der Waals surface area contributed by atoms with Crippen LogP contribution in [0.25, 0.3) is 5.69 Å². The van der Waals surface area contributed by atoms with Crippen molar-refractivity contribution in [1.29, 1.82) is 0 Å². The number of aromatic nitrogens is 3. The van der Waals surface area contributed by atoms with E-state index < -0.39 is 14.0 Å². The molecule has 3 aromatic rings. The molecule has 0 N–H and O–H groups in total. The summed E-state index contributed by atoms with van der Waals surface area (Å²) < 4.78 is 7.21. The van der Waals surface area contributed by atoms with Gasteiger partial charge < -0.3 is 4.74 Å². The summed E-state index contributed by atoms with van der Waals surface area (Å²) in [4.78, 5) is 26.5. The van der Waals surface area contributed by atoms with Gasteiger partial charge in [0.2, 0.25) is 0 Å². The normalized spacial score (nSPS) is 15.6. The van der Waals surface area contributed by atoms with E-state index in [-0.39, 0.29) is 6.04 Å². The second-order valence-electron chi connectivity index (χ2n) is 8.42. The predicted molar refractivity (Wildman–Crippen MR) is 121 cm³/mol. The number of carbonyl (C=O) groups is 1. The molecule has 30 heavy (non-hydrogen) atoms. The smallest absolute Gasteiger partial charge is 0.358 e. The van der Waals surface area contributed by atoms with Gasteiger partial charge in [-0.2, -0.15) is 0 Å². The fourth-order valence-electron chi connectivity index (χ4n) is 3.74. The zero-order chi connectivity index (χ0) is 21.5. The van der Waals surface area contributed by atoms with Gasteiger partial charge in [-0.3, -0.25) is 14.5 Å². The van der Waals surface area contributed by atoms with Crippen LogP contribution in [0.4, 0.5) is 0 Å². The molecule has 0 bridgehead atoms. The molecule has 0 unspecified atom stereocenters. The average Bonchev–Trinajstić information content (AvgIpc) is 3.12. The van der Waals surface area contributed by atoms with Crippen molar-refractivity contribution >= 4 is 24.9 Å². The van der Waals surface area contributed by atoms with Crippen LogP contribution in [-0.2, 0) is 4.74 Å². The van der Waals surface area contributed by atoms with E-state index in [2.05, 4.69) is 47.8 Å². The predicted octanol–water partition coefficient (Wildman–Crippen LogP) is 3.90. The van der Waals surface area contributed by atoms with Crippen LogP contribution >= 0.6 is 0 Å². The third-order valence-corrected chi connectivity index (χ3v) is 7.32. The zero-order valence-corrected chi connectivity index (χ0v) is 19.0. The van der Waals surface area contributed by atoms with E-state index in [0.717, 1.165) is 28.4 Å². The van der Waals surface area contributed by atoms with Gasteiger partial charge in [-0.15, -0.1) is 0 Å². The minimum Gasteiger partial charge on any atom is -0.461 e. The Kier molecular flexibility index (Phi) is 5.15. The highest BCUT2D eigenvalue weighted by atomic mass is 28.3. The SMILES string of the molecule is CCOC(=O)c1ncn2c1[C@H](C)N=C(c1ccccn1)c1cc([Si](C)(C)C)ccc1-2. The number of benzene rings is 1. The topological polar surface area (TPSA) is 69.4 Å². The summed E-state index contributed by atoms with van der Waals surface area (Å²) in [6, 6.07) is 12.1. The first-order valence-corrected chi connectivity index (χ1v) is 13.7. The quantitative estimate of drug-likeness (QED) is 0.476. The Morgan fingerprint density at radius 2 is 1.97 bits per heavy atom. The molecule has 2 aromatic heterocycles. The number of aliphatic imine (C=N–C) groups is 1. The van der Waals surface area contributed by atoms with Gasteiger partial charge in [-0.05, 0) is 32.0 Å². The first-order chi connectivity index (χ1) is 14.3. The van der Waals surface area contributed by atoms with Gasteiger partial charge in [0.1, 0.15) is 6.33 Å². The standard InChI is InChI=1S/C23H26N4O2Si/c1-6-29-23(28)21-22-15(2)26-20(18-9-7-8-12-24-18)17-13-16(30(3,4)5)10-11-19(17)27(22)14-25-21/h7-15H,6H2,1-5H3/t15-/m0/s1. The molecule has 7 heteroatoms. The van der Waals surface area contributed by atoms with E-state index in [1.165, 1.54) is 5.19 Å². The van der Waals surface area contributed by atoms with Crippen LogP contribution in [0.2, 0.25) is 19.6 Å². The summed E-state index contributed by atoms with van der Waals surface area (Å²) in [5, 5.41) is 1.34. The number of pyridine rings is 1. The van der Waals surface area contributed by atoms with Crippen molar-refractivity contribution in [2.75, 3.05) is 6.61 Å². The van der Waals surface area contributed by atoms with Gasteiger partial charge in [0, 0.05) is 11.8 Å². The van der Waals surface area contributed by atoms with Gasteiger partial charge in [0.05, 0.1) is 43.5 Å². The molecule has 0 fully saturated rings. The van der Waals surface area contributed by atoms with Crippen LogP contribution in [0.5, 0.6) is 0 Å². The lowest BCUT2D eigenvalue weighted by molar-refractivity contribution is 0.0518. The molecule has 0 spiro atoms. The van der Waals surface area contributed by atoms with Crippen LogP contribution in [0.3, 0.4) is 0 Å². The van der Waals surface area contributed by atoms with Gasteiger partial charge in [0.15, 0.2) is 5.69 Å². The Morgan fingerprint density at radius 3 is 2.63 bits per heavy atom. The molecule has 4 rings (SSSR count). The van der Waals surface area contributed by atoms with E-state index in [1.807, 2.05) is 29.7 Å². The molecule has 154 valence electrons. The van der Waals surface area contributed by atoms with Crippen LogP contribution in [0.1, 0.15) is 47.3 Å². The third kappa shape index (κ3) is 3.50. The van der Waals surface area contributed by atoms with E-state index in [0.29, 0.717) is 12.3 Å². The van der Waals surface area contributed by atoms with Crippen molar-refractivity contribution in [2.45, 2.75) is 39.5 Å². The fourth-order valence-corrected chi connectivity index (χ4v) is 4.90. The second kappa shape index (κ2) is 7.64. The number of hydrogen-bond donors (Lipinski definition) is 0. The van der Waals surface area contributed by atoms with Crippen LogP contribution < -0.4 is 5.19 Å². The molecule has 3 heterocycles. The summed E-state index contributed by atoms with van der Waals surface area (Å²) in [5.74, 6) is -0.421. The van der Waals surface area contributed by atoms with E-state index in [9.17, 15) is 4.79 Å². The number of rotatable bonds is 4. The largest absolute Gasteiger partial charge is 0.461 e. The highest BCUT2D eigenvalue weighted by Gasteiger charge is 2.30. The Balaban J connectivity index is 2.00. The van der Waals surface area contributed by atoms with E-state index in [4.69, 9.17) is 9.73 Å². The van der Waals surface area contributed by atoms with Crippen molar-refractivity contribution < 1.29 is 9.53 Å². The first kappa shape index (κ1) is 20.2. The molecule has 1 aliphatic heterocycles. The highest BCUT2D eigenvalue weighted by Crippen LogP contribution is 2.32. The second-order valence-corrected chi connectivity index (χ2v) is 13.5. The summed E-state index contributed by atoms with van der Waals surface area (Å²) in [5.41, 5.74) is 4.65. The lowest BCUT2D eigenvalue weighted by Gasteiger charge is -2.20. The van der Waals surface area contributed by atoms with Gasteiger partial charge in [0.25, 0.3) is 0 Å². The molecule has 1 aliphatic rings. The maximum atomic E-state index is 12.5. The Bertz CT molecular complexity index is 1130. The highest BCUT2D eigenvalue weighted by molar-refractivity contribution is 6.88. The molecule has 0 saturated carbocycles. The first-order valence-electron chi connectivity index (χ1n) is 10.2. The number of ether oxygens (including phenoxy) is 1. The van der Waals surface area contributed by atoms with Crippen LogP contribution in [-0.4, -0.2) is 40.9 Å². The molecule has 0 saturated heterocycles. The number of fused-ring (bicyclic) bond motifs is 3. The van der Waals surface area contributed by atoms with Crippen molar-refractivity contribution in [3.05, 3.63) is 71.6 Å². The van der Waals surface area contributed by atoms with E-state index in [1.54, 1.807) is 19.4 Å². The fraction of sp³-hybridized carbons (Fsp3) is 0.304. The van der Waals surface area contributed by atoms with Gasteiger partial charge in [-0.1, -0.05) is 43.0 Å². The summed E-state index contributed by atoms with van der Waals surface area (Å²) in [6.07, 6.45) is 3.48. The number of carbonyl (C=O) groups excluding carboxylic acids is 1. The monoisotopic (exact) mass is 418 g/mol. The minimum absolute atomic E-state index is 0.286. The maximum absolute atomic E-state index is 12.5. The maximum Gasteiger partial charge on any atom is 0.358 e. The van der Waals surface area contributed by atoms with Gasteiger partial charge >= 0.3 is 5.97 Å². The van der Waals surface area contributed by atoms with Crippen molar-refractivity contribution in [3.8, 4) is 5.69 Å². The Morgan fingerprint density at radius 1 is 1.17 bits per heavy atom. The lowest BCUT2D eigenvalue weighted by Crippen LogP contribution is -2.38. The van der Waals surface area contributed by atoms with Gasteiger partial charge in [-0.25, -0.2) is 9.78 Å². The number of nitrogens with zero attached hydrogens (tertiary/aromatic N) is 4. The summed E-state index contributed by atoms with van der Waals surface area (Å²) >= 11 is 0. The zero-order valence-electron chi connectivity index (χ0n) is 18.0. The molecule has 0 amide bonds. The summed E-state index contributed by atoms with van der Waals surface area (Å²) in [7, 11) is -1.55. The Labute approximate surface area is 177 Å². The molecule has 1 atom stereocenters. The number of imidazole rings is 1. The molecule has 0 radical (unpaired) electrons. The van der Waals surface area contributed by atoms with E-state index >= 15 is 0 Å². The summed E-state index contributed by atoms with van der Waals surface area (Å²) in [6.45, 7) is 11.1. The lowest BCUT2D eigenvalue weighted by atomic mass is 10.0. The van der Waals surface area contributed by atoms with Crippen molar-refractivity contribution in [2.24, 2.45) is 4.99 Å². The molecule has 0 aliphatic carbocycles. The minimum atomic E-state index is -1.55. The average molecular weight is 419 g/mol. The van der Waals surface area contributed by atoms with Crippen molar-refractivity contribution in [3.63, 3.8) is 0 Å². The van der Waals surface area contributed by atoms with Crippen LogP contribution in [0.15, 0.2) is 53.9 Å². The molecular weight excluding hydrogens is 392 g/mol. The van der Waals surface area contributed by atoms with Crippen molar-refractivity contribution in [1.82, 2.24) is 14.5 Å². The molecular formula is C23H26N4O2Si. The van der Waals surface area contributed by atoms with Crippen LogP contribution in [0, 0.1) is 0 Å². The molecule has 6 nitrogen and oxygen atoms in total.